The molecule has 2 fully saturated rings. The molecule has 1 saturated heterocycles. The van der Waals surface area contributed by atoms with Gasteiger partial charge in [-0.05, 0) is 52.4 Å². The normalized spacial score (nSPS) is 29.6. The molecule has 0 aromatic heterocycles. The molecule has 5 nitrogen and oxygen atoms in total. The van der Waals surface area contributed by atoms with Crippen LogP contribution in [0.3, 0.4) is 0 Å². The topological polar surface area (TPSA) is 61.8 Å². The van der Waals surface area contributed by atoms with Crippen LogP contribution in [0.2, 0.25) is 0 Å². The second-order valence-electron chi connectivity index (χ2n) is 7.62. The molecule has 22 heavy (non-hydrogen) atoms. The lowest BCUT2D eigenvalue weighted by molar-refractivity contribution is 0.0131. The van der Waals surface area contributed by atoms with Crippen LogP contribution in [0.1, 0.15) is 59.3 Å². The number of likely N-dealkylation sites (tertiary alicyclic amines) is 1. The highest BCUT2D eigenvalue weighted by Crippen LogP contribution is 2.35. The van der Waals surface area contributed by atoms with E-state index >= 15 is 0 Å². The van der Waals surface area contributed by atoms with Crippen molar-refractivity contribution in [2.24, 2.45) is 5.92 Å². The third-order valence-corrected chi connectivity index (χ3v) is 4.76. The summed E-state index contributed by atoms with van der Waals surface area (Å²) in [6, 6.07) is 0.695. The van der Waals surface area contributed by atoms with Gasteiger partial charge in [0.05, 0.1) is 6.61 Å². The van der Waals surface area contributed by atoms with E-state index in [0.717, 1.165) is 32.2 Å². The number of nitrogens with zero attached hydrogens (tertiary/aromatic N) is 1. The molecule has 2 N–H and O–H groups in total. The molecule has 0 spiro atoms. The van der Waals surface area contributed by atoms with Gasteiger partial charge >= 0.3 is 6.09 Å². The minimum absolute atomic E-state index is 0.165. The predicted molar refractivity (Wildman–Crippen MR) is 86.8 cm³/mol. The number of hydrogen-bond acceptors (Lipinski definition) is 4. The summed E-state index contributed by atoms with van der Waals surface area (Å²) in [5.41, 5.74) is -0.439. The molecular formula is C17H32N2O3. The fourth-order valence-electron chi connectivity index (χ4n) is 3.91. The maximum Gasteiger partial charge on any atom is 0.410 e. The van der Waals surface area contributed by atoms with Gasteiger partial charge < -0.3 is 20.1 Å². The molecule has 0 bridgehead atoms. The Kier molecular flexibility index (Phi) is 6.09. The van der Waals surface area contributed by atoms with E-state index in [1.807, 2.05) is 25.7 Å². The van der Waals surface area contributed by atoms with Crippen LogP contribution in [0.25, 0.3) is 0 Å². The van der Waals surface area contributed by atoms with Gasteiger partial charge in [-0.3, -0.25) is 0 Å². The quantitative estimate of drug-likeness (QED) is 0.837. The lowest BCUT2D eigenvalue weighted by Crippen LogP contribution is -2.51. The summed E-state index contributed by atoms with van der Waals surface area (Å²) < 4.78 is 5.59. The molecular weight excluding hydrogens is 280 g/mol. The van der Waals surface area contributed by atoms with Gasteiger partial charge in [-0.2, -0.15) is 0 Å². The zero-order valence-electron chi connectivity index (χ0n) is 14.3. The molecule has 0 aromatic rings. The Morgan fingerprint density at radius 3 is 2.64 bits per heavy atom. The number of nitrogens with one attached hydrogen (secondary N) is 1. The molecule has 5 heteroatoms. The van der Waals surface area contributed by atoms with Crippen molar-refractivity contribution in [3.8, 4) is 0 Å². The summed E-state index contributed by atoms with van der Waals surface area (Å²) in [6.07, 6.45) is 6.74. The average molecular weight is 312 g/mol. The lowest BCUT2D eigenvalue weighted by Gasteiger charge is -2.40. The van der Waals surface area contributed by atoms with Gasteiger partial charge in [0.25, 0.3) is 0 Å². The van der Waals surface area contributed by atoms with Gasteiger partial charge in [-0.1, -0.05) is 12.8 Å². The predicted octanol–water partition coefficient (Wildman–Crippen LogP) is 2.53. The first-order valence-corrected chi connectivity index (χ1v) is 8.76. The van der Waals surface area contributed by atoms with Gasteiger partial charge in [0.1, 0.15) is 5.60 Å². The Morgan fingerprint density at radius 2 is 1.95 bits per heavy atom. The molecule has 0 aromatic carbocycles. The highest BCUT2D eigenvalue weighted by atomic mass is 16.6. The number of carbonyl (C=O) groups excluding carboxylic acids is 1. The monoisotopic (exact) mass is 312 g/mol. The molecule has 1 heterocycles. The second-order valence-corrected chi connectivity index (χ2v) is 7.62. The Bertz CT molecular complexity index is 367. The summed E-state index contributed by atoms with van der Waals surface area (Å²) in [5.74, 6) is 0.482. The van der Waals surface area contributed by atoms with Crippen LogP contribution in [0.5, 0.6) is 0 Å². The third-order valence-electron chi connectivity index (χ3n) is 4.76. The number of aliphatic hydroxyl groups excluding tert-OH is 1. The number of ether oxygens (including phenoxy) is 1. The van der Waals surface area contributed by atoms with Crippen molar-refractivity contribution in [2.45, 2.75) is 77.0 Å². The minimum Gasteiger partial charge on any atom is -0.444 e. The zero-order chi connectivity index (χ0) is 16.2. The van der Waals surface area contributed by atoms with E-state index in [1.54, 1.807) is 0 Å². The SMILES string of the molecule is CC(C)(C)OC(=O)N1CCCC1C1CCCCC1NCCO. The van der Waals surface area contributed by atoms with Crippen molar-refractivity contribution < 1.29 is 14.6 Å². The fraction of sp³-hybridized carbons (Fsp3) is 0.941. The van der Waals surface area contributed by atoms with Gasteiger partial charge in [0.15, 0.2) is 0 Å². The Balaban J connectivity index is 2.02. The second kappa shape index (κ2) is 7.64. The highest BCUT2D eigenvalue weighted by molar-refractivity contribution is 5.69. The van der Waals surface area contributed by atoms with Crippen molar-refractivity contribution in [2.75, 3.05) is 19.7 Å². The largest absolute Gasteiger partial charge is 0.444 e. The number of rotatable bonds is 4. The van der Waals surface area contributed by atoms with Gasteiger partial charge in [0, 0.05) is 25.2 Å². The highest BCUT2D eigenvalue weighted by Gasteiger charge is 2.40. The smallest absolute Gasteiger partial charge is 0.410 e. The van der Waals surface area contributed by atoms with Crippen molar-refractivity contribution in [1.82, 2.24) is 10.2 Å². The van der Waals surface area contributed by atoms with E-state index in [2.05, 4.69) is 5.32 Å². The molecule has 1 aliphatic carbocycles. The van der Waals surface area contributed by atoms with Gasteiger partial charge in [-0.15, -0.1) is 0 Å². The molecule has 1 saturated carbocycles. The lowest BCUT2D eigenvalue weighted by atomic mass is 9.79. The maximum atomic E-state index is 12.5. The Labute approximate surface area is 134 Å². The fourth-order valence-corrected chi connectivity index (χ4v) is 3.91. The van der Waals surface area contributed by atoms with Crippen LogP contribution in [0.15, 0.2) is 0 Å². The van der Waals surface area contributed by atoms with E-state index in [-0.39, 0.29) is 18.7 Å². The summed E-state index contributed by atoms with van der Waals surface area (Å²) in [6.45, 7) is 7.37. The van der Waals surface area contributed by atoms with Gasteiger partial charge in [-0.25, -0.2) is 4.79 Å². The zero-order valence-corrected chi connectivity index (χ0v) is 14.3. The molecule has 1 amide bonds. The van der Waals surface area contributed by atoms with Crippen molar-refractivity contribution in [3.05, 3.63) is 0 Å². The van der Waals surface area contributed by atoms with Crippen molar-refractivity contribution in [1.29, 1.82) is 0 Å². The summed E-state index contributed by atoms with van der Waals surface area (Å²) in [7, 11) is 0. The van der Waals surface area contributed by atoms with E-state index in [1.165, 1.54) is 12.8 Å². The molecule has 0 radical (unpaired) electrons. The number of hydrogen-bond donors (Lipinski definition) is 2. The number of carbonyl (C=O) groups is 1. The maximum absolute atomic E-state index is 12.5. The molecule has 2 aliphatic rings. The van der Waals surface area contributed by atoms with E-state index in [0.29, 0.717) is 18.5 Å². The van der Waals surface area contributed by atoms with E-state index < -0.39 is 5.60 Å². The summed E-state index contributed by atoms with van der Waals surface area (Å²) in [4.78, 5) is 14.4. The van der Waals surface area contributed by atoms with Crippen LogP contribution < -0.4 is 5.32 Å². The van der Waals surface area contributed by atoms with Crippen LogP contribution in [0, 0.1) is 5.92 Å². The standard InChI is InChI=1S/C17H32N2O3/c1-17(2,3)22-16(21)19-11-6-9-15(19)13-7-4-5-8-14(13)18-10-12-20/h13-15,18,20H,4-12H2,1-3H3. The third kappa shape index (κ3) is 4.59. The Morgan fingerprint density at radius 1 is 1.23 bits per heavy atom. The minimum atomic E-state index is -0.439. The van der Waals surface area contributed by atoms with E-state index in [4.69, 9.17) is 9.84 Å². The van der Waals surface area contributed by atoms with Crippen LogP contribution >= 0.6 is 0 Å². The molecule has 3 unspecified atom stereocenters. The first-order valence-electron chi connectivity index (χ1n) is 8.76. The molecule has 2 rings (SSSR count). The first kappa shape index (κ1) is 17.5. The van der Waals surface area contributed by atoms with E-state index in [9.17, 15) is 4.79 Å². The number of aliphatic hydroxyl groups is 1. The molecule has 128 valence electrons. The summed E-state index contributed by atoms with van der Waals surface area (Å²) >= 11 is 0. The average Bonchev–Trinajstić information content (AvgIpc) is 2.93. The molecule has 3 atom stereocenters. The number of amides is 1. The van der Waals surface area contributed by atoms with Gasteiger partial charge in [0.2, 0.25) is 0 Å². The Hall–Kier alpha value is -0.810. The summed E-state index contributed by atoms with van der Waals surface area (Å²) in [5, 5.41) is 12.5. The van der Waals surface area contributed by atoms with Crippen molar-refractivity contribution in [3.63, 3.8) is 0 Å². The van der Waals surface area contributed by atoms with Crippen LogP contribution in [0.4, 0.5) is 4.79 Å². The first-order chi connectivity index (χ1) is 10.4. The van der Waals surface area contributed by atoms with Crippen LogP contribution in [-0.4, -0.2) is 53.5 Å². The van der Waals surface area contributed by atoms with Crippen LogP contribution in [-0.2, 0) is 4.74 Å². The molecule has 1 aliphatic heterocycles. The van der Waals surface area contributed by atoms with Crippen molar-refractivity contribution >= 4 is 6.09 Å².